The molecule has 0 spiro atoms. The van der Waals surface area contributed by atoms with Crippen LogP contribution in [0.5, 0.6) is 0 Å². The highest BCUT2D eigenvalue weighted by atomic mass is 16.1. The average Bonchev–Trinajstić information content (AvgIpc) is 2.97. The molecule has 3 heteroatoms. The monoisotopic (exact) mass is 280 g/mol. The standard InChI is InChI=1S/C18H20N2O/c19-18(21)16-8-4-5-14(11-16)12-20-10-9-17(13-20)15-6-2-1-3-7-15/h1-8,11,17H,9-10,12-13H2,(H2,19,21)/t17-/m0/s1. The van der Waals surface area contributed by atoms with Gasteiger partial charge in [0.25, 0.3) is 0 Å². The number of amides is 1. The van der Waals surface area contributed by atoms with E-state index in [-0.39, 0.29) is 5.91 Å². The molecule has 3 rings (SSSR count). The summed E-state index contributed by atoms with van der Waals surface area (Å²) in [7, 11) is 0. The molecule has 1 heterocycles. The van der Waals surface area contributed by atoms with Crippen LogP contribution in [0.4, 0.5) is 0 Å². The van der Waals surface area contributed by atoms with Crippen molar-refractivity contribution in [2.75, 3.05) is 13.1 Å². The van der Waals surface area contributed by atoms with E-state index < -0.39 is 0 Å². The van der Waals surface area contributed by atoms with Gasteiger partial charge in [-0.15, -0.1) is 0 Å². The lowest BCUT2D eigenvalue weighted by molar-refractivity contribution is 0.1000. The average molecular weight is 280 g/mol. The number of benzene rings is 2. The maximum atomic E-state index is 11.2. The number of carbonyl (C=O) groups excluding carboxylic acids is 1. The van der Waals surface area contributed by atoms with Gasteiger partial charge in [0.1, 0.15) is 0 Å². The lowest BCUT2D eigenvalue weighted by Crippen LogP contribution is -2.20. The molecule has 0 aliphatic carbocycles. The molecule has 0 bridgehead atoms. The van der Waals surface area contributed by atoms with Crippen LogP contribution in [0, 0.1) is 0 Å². The zero-order valence-corrected chi connectivity index (χ0v) is 12.0. The van der Waals surface area contributed by atoms with Crippen LogP contribution in [0.2, 0.25) is 0 Å². The summed E-state index contributed by atoms with van der Waals surface area (Å²) in [6, 6.07) is 18.3. The van der Waals surface area contributed by atoms with Crippen molar-refractivity contribution < 1.29 is 4.79 Å². The molecule has 1 fully saturated rings. The van der Waals surface area contributed by atoms with Crippen LogP contribution >= 0.6 is 0 Å². The normalized spacial score (nSPS) is 18.8. The summed E-state index contributed by atoms with van der Waals surface area (Å²) in [5, 5.41) is 0. The van der Waals surface area contributed by atoms with E-state index in [0.29, 0.717) is 11.5 Å². The minimum atomic E-state index is -0.361. The number of primary amides is 1. The van der Waals surface area contributed by atoms with E-state index in [1.54, 1.807) is 6.07 Å². The summed E-state index contributed by atoms with van der Waals surface area (Å²) >= 11 is 0. The first-order valence-corrected chi connectivity index (χ1v) is 7.38. The third-order valence-electron chi connectivity index (χ3n) is 4.16. The zero-order chi connectivity index (χ0) is 14.7. The van der Waals surface area contributed by atoms with E-state index in [0.717, 1.165) is 25.2 Å². The number of rotatable bonds is 4. The van der Waals surface area contributed by atoms with Crippen LogP contribution in [0.15, 0.2) is 54.6 Å². The third-order valence-corrected chi connectivity index (χ3v) is 4.16. The number of likely N-dealkylation sites (tertiary alicyclic amines) is 1. The van der Waals surface area contributed by atoms with Crippen molar-refractivity contribution in [3.8, 4) is 0 Å². The first kappa shape index (κ1) is 13.8. The van der Waals surface area contributed by atoms with Gasteiger partial charge in [-0.25, -0.2) is 0 Å². The second-order valence-electron chi connectivity index (χ2n) is 5.70. The highest BCUT2D eigenvalue weighted by molar-refractivity contribution is 5.92. The van der Waals surface area contributed by atoms with Gasteiger partial charge in [0.05, 0.1) is 0 Å². The number of hydrogen-bond donors (Lipinski definition) is 1. The molecule has 0 saturated carbocycles. The van der Waals surface area contributed by atoms with Crippen molar-refractivity contribution in [2.24, 2.45) is 5.73 Å². The van der Waals surface area contributed by atoms with E-state index >= 15 is 0 Å². The van der Waals surface area contributed by atoms with Crippen molar-refractivity contribution in [1.29, 1.82) is 0 Å². The lowest BCUT2D eigenvalue weighted by Gasteiger charge is -2.16. The van der Waals surface area contributed by atoms with E-state index in [9.17, 15) is 4.79 Å². The maximum absolute atomic E-state index is 11.2. The van der Waals surface area contributed by atoms with E-state index in [1.165, 1.54) is 12.0 Å². The van der Waals surface area contributed by atoms with Gasteiger partial charge in [-0.1, -0.05) is 42.5 Å². The highest BCUT2D eigenvalue weighted by Gasteiger charge is 2.23. The Hall–Kier alpha value is -2.13. The minimum Gasteiger partial charge on any atom is -0.366 e. The van der Waals surface area contributed by atoms with E-state index in [4.69, 9.17) is 5.73 Å². The van der Waals surface area contributed by atoms with Gasteiger partial charge in [0.2, 0.25) is 5.91 Å². The van der Waals surface area contributed by atoms with Crippen LogP contribution in [-0.4, -0.2) is 23.9 Å². The summed E-state index contributed by atoms with van der Waals surface area (Å²) in [5.74, 6) is 0.256. The largest absolute Gasteiger partial charge is 0.366 e. The molecule has 2 aromatic rings. The quantitative estimate of drug-likeness (QED) is 0.936. The van der Waals surface area contributed by atoms with Crippen LogP contribution in [0.1, 0.15) is 33.8 Å². The van der Waals surface area contributed by atoms with Crippen molar-refractivity contribution in [2.45, 2.75) is 18.9 Å². The first-order chi connectivity index (χ1) is 10.2. The number of hydrogen-bond acceptors (Lipinski definition) is 2. The van der Waals surface area contributed by atoms with Crippen LogP contribution in [0.3, 0.4) is 0 Å². The molecule has 3 nitrogen and oxygen atoms in total. The fraction of sp³-hybridized carbons (Fsp3) is 0.278. The SMILES string of the molecule is NC(=O)c1cccc(CN2CC[C@H](c3ccccc3)C2)c1. The summed E-state index contributed by atoms with van der Waals surface area (Å²) in [6.07, 6.45) is 1.19. The summed E-state index contributed by atoms with van der Waals surface area (Å²) in [6.45, 7) is 3.05. The molecule has 0 unspecified atom stereocenters. The predicted octanol–water partition coefficient (Wildman–Crippen LogP) is 2.78. The Morgan fingerprint density at radius 2 is 1.95 bits per heavy atom. The van der Waals surface area contributed by atoms with Gasteiger partial charge in [-0.2, -0.15) is 0 Å². The molecule has 1 aliphatic heterocycles. The van der Waals surface area contributed by atoms with Crippen LogP contribution in [-0.2, 0) is 6.54 Å². The molecular weight excluding hydrogens is 260 g/mol. The maximum Gasteiger partial charge on any atom is 0.248 e. The molecule has 2 N–H and O–H groups in total. The van der Waals surface area contributed by atoms with Crippen molar-refractivity contribution in [1.82, 2.24) is 4.90 Å². The van der Waals surface area contributed by atoms with Crippen molar-refractivity contribution in [3.63, 3.8) is 0 Å². The van der Waals surface area contributed by atoms with Gasteiger partial charge in [0, 0.05) is 18.7 Å². The molecule has 0 aromatic heterocycles. The minimum absolute atomic E-state index is 0.361. The van der Waals surface area contributed by atoms with Gasteiger partial charge < -0.3 is 5.73 Å². The van der Waals surface area contributed by atoms with E-state index in [2.05, 4.69) is 41.3 Å². The molecule has 21 heavy (non-hydrogen) atoms. The highest BCUT2D eigenvalue weighted by Crippen LogP contribution is 2.27. The molecule has 1 saturated heterocycles. The smallest absolute Gasteiger partial charge is 0.248 e. The Bertz CT molecular complexity index is 624. The van der Waals surface area contributed by atoms with Gasteiger partial charge in [-0.3, -0.25) is 9.69 Å². The van der Waals surface area contributed by atoms with Crippen molar-refractivity contribution >= 4 is 5.91 Å². The number of nitrogens with zero attached hydrogens (tertiary/aromatic N) is 1. The fourth-order valence-corrected chi connectivity index (χ4v) is 3.05. The molecule has 108 valence electrons. The molecule has 1 aliphatic rings. The molecule has 0 radical (unpaired) electrons. The Morgan fingerprint density at radius 1 is 1.14 bits per heavy atom. The first-order valence-electron chi connectivity index (χ1n) is 7.38. The Labute approximate surface area is 125 Å². The second kappa shape index (κ2) is 6.10. The number of nitrogens with two attached hydrogens (primary N) is 1. The van der Waals surface area contributed by atoms with Crippen LogP contribution < -0.4 is 5.73 Å². The Balaban J connectivity index is 1.65. The lowest BCUT2D eigenvalue weighted by atomic mass is 9.99. The summed E-state index contributed by atoms with van der Waals surface area (Å²) in [4.78, 5) is 13.7. The van der Waals surface area contributed by atoms with Crippen LogP contribution in [0.25, 0.3) is 0 Å². The number of carbonyl (C=O) groups is 1. The van der Waals surface area contributed by atoms with Gasteiger partial charge >= 0.3 is 0 Å². The summed E-state index contributed by atoms with van der Waals surface area (Å²) in [5.41, 5.74) is 8.50. The molecular formula is C18H20N2O. The van der Waals surface area contributed by atoms with Gasteiger partial charge in [0.15, 0.2) is 0 Å². The van der Waals surface area contributed by atoms with E-state index in [1.807, 2.05) is 12.1 Å². The van der Waals surface area contributed by atoms with Crippen molar-refractivity contribution in [3.05, 3.63) is 71.3 Å². The Kier molecular flexibility index (Phi) is 4.02. The fourth-order valence-electron chi connectivity index (χ4n) is 3.05. The molecule has 2 aromatic carbocycles. The molecule has 1 atom stereocenters. The Morgan fingerprint density at radius 3 is 2.71 bits per heavy atom. The second-order valence-corrected chi connectivity index (χ2v) is 5.70. The summed E-state index contributed by atoms with van der Waals surface area (Å²) < 4.78 is 0. The topological polar surface area (TPSA) is 46.3 Å². The third kappa shape index (κ3) is 3.31. The van der Waals surface area contributed by atoms with Gasteiger partial charge in [-0.05, 0) is 42.1 Å². The zero-order valence-electron chi connectivity index (χ0n) is 12.0. The molecule has 1 amide bonds. The predicted molar refractivity (Wildman–Crippen MR) is 84.0 cm³/mol.